The first-order chi connectivity index (χ1) is 24.5. The van der Waals surface area contributed by atoms with Crippen molar-refractivity contribution in [3.8, 4) is 16.9 Å². The van der Waals surface area contributed by atoms with E-state index >= 15 is 0 Å². The molecule has 4 aromatic rings. The Morgan fingerprint density at radius 3 is 2.10 bits per heavy atom. The maximum Gasteiger partial charge on any atom is 0.416 e. The van der Waals surface area contributed by atoms with Gasteiger partial charge in [0.1, 0.15) is 24.4 Å². The van der Waals surface area contributed by atoms with Gasteiger partial charge >= 0.3 is 12.1 Å². The van der Waals surface area contributed by atoms with Crippen molar-refractivity contribution in [2.75, 3.05) is 0 Å². The summed E-state index contributed by atoms with van der Waals surface area (Å²) in [6.07, 6.45) is 1.33. The van der Waals surface area contributed by atoms with Gasteiger partial charge in [0.15, 0.2) is 0 Å². The fraction of sp³-hybridized carbons (Fsp3) is 0.341. The van der Waals surface area contributed by atoms with E-state index in [2.05, 4.69) is 5.32 Å². The zero-order chi connectivity index (χ0) is 36.0. The lowest BCUT2D eigenvalue weighted by molar-refractivity contribution is -0.147. The van der Waals surface area contributed by atoms with E-state index in [0.29, 0.717) is 11.3 Å². The average molecular weight is 699 g/mol. The molecule has 0 aromatic heterocycles. The van der Waals surface area contributed by atoms with Gasteiger partial charge in [0.05, 0.1) is 5.56 Å². The number of ether oxygens (including phenoxy) is 1. The minimum atomic E-state index is -4.42. The molecule has 2 atom stereocenters. The van der Waals surface area contributed by atoms with Crippen LogP contribution in [0.4, 0.5) is 13.2 Å². The molecule has 1 aliphatic heterocycles. The van der Waals surface area contributed by atoms with Gasteiger partial charge in [-0.25, -0.2) is 4.79 Å². The SMILES string of the molecule is O=C(O)[C@H](Cc1ccc(-c2ccccc2)cc1)NC(=O)[C@@H]1Cc2ccc(OCc3ccc(C(F)(F)F)cc3)cc2CN1C(=O)C1CCCCCC1. The minimum Gasteiger partial charge on any atom is -0.489 e. The van der Waals surface area contributed by atoms with Crippen molar-refractivity contribution in [3.63, 3.8) is 0 Å². The van der Waals surface area contributed by atoms with Crippen LogP contribution in [0.5, 0.6) is 5.75 Å². The number of carboxylic acids is 1. The second kappa shape index (κ2) is 15.8. The molecular weight excluding hydrogens is 657 g/mol. The smallest absolute Gasteiger partial charge is 0.416 e. The number of fused-ring (bicyclic) bond motifs is 1. The van der Waals surface area contributed by atoms with Gasteiger partial charge in [-0.05, 0) is 70.5 Å². The molecule has 0 bridgehead atoms. The van der Waals surface area contributed by atoms with Gasteiger partial charge in [-0.3, -0.25) is 9.59 Å². The van der Waals surface area contributed by atoms with E-state index in [1.165, 1.54) is 12.1 Å². The van der Waals surface area contributed by atoms with E-state index in [1.54, 1.807) is 17.0 Å². The molecular formula is C41H41F3N2O5. The summed E-state index contributed by atoms with van der Waals surface area (Å²) in [5.74, 6) is -1.52. The number of hydrogen-bond donors (Lipinski definition) is 2. The summed E-state index contributed by atoms with van der Waals surface area (Å²) < 4.78 is 44.8. The van der Waals surface area contributed by atoms with Crippen LogP contribution in [0.2, 0.25) is 0 Å². The topological polar surface area (TPSA) is 95.9 Å². The number of halogens is 3. The molecule has 1 fully saturated rings. The van der Waals surface area contributed by atoms with E-state index in [9.17, 15) is 32.7 Å². The van der Waals surface area contributed by atoms with Crippen molar-refractivity contribution in [1.29, 1.82) is 0 Å². The Balaban J connectivity index is 1.18. The van der Waals surface area contributed by atoms with Gasteiger partial charge in [0.2, 0.25) is 11.8 Å². The van der Waals surface area contributed by atoms with Crippen molar-refractivity contribution >= 4 is 17.8 Å². The Labute approximate surface area is 295 Å². The first kappa shape index (κ1) is 35.7. The minimum absolute atomic E-state index is 0.0538. The molecule has 2 amide bonds. The molecule has 0 radical (unpaired) electrons. The third-order valence-corrected chi connectivity index (χ3v) is 9.90. The first-order valence-corrected chi connectivity index (χ1v) is 17.4. The number of carbonyl (C=O) groups excluding carboxylic acids is 2. The summed E-state index contributed by atoms with van der Waals surface area (Å²) in [4.78, 5) is 42.1. The maximum absolute atomic E-state index is 14.1. The lowest BCUT2D eigenvalue weighted by atomic mass is 9.90. The molecule has 51 heavy (non-hydrogen) atoms. The number of nitrogens with one attached hydrogen (secondary N) is 1. The summed E-state index contributed by atoms with van der Waals surface area (Å²) in [5.41, 5.74) is 4.28. The number of amides is 2. The standard InChI is InChI=1S/C41H41F3N2O5/c42-41(43,44)34-19-14-28(15-20-34)26-51-35-21-18-32-24-37(46(25-33(32)23-35)39(48)31-10-4-1-2-5-11-31)38(47)45-36(40(49)50)22-27-12-16-30(17-13-27)29-8-6-3-7-9-29/h3,6-9,12-21,23,31,36-37H,1-2,4-5,10-11,22,24-26H2,(H,45,47)(H,49,50)/t36-,37-/m0/s1. The molecule has 2 N–H and O–H groups in total. The van der Waals surface area contributed by atoms with Gasteiger partial charge in [0.25, 0.3) is 0 Å². The van der Waals surface area contributed by atoms with Gasteiger partial charge in [-0.1, -0.05) is 98.5 Å². The first-order valence-electron chi connectivity index (χ1n) is 17.4. The van der Waals surface area contributed by atoms with Crippen LogP contribution in [0.1, 0.15) is 66.3 Å². The normalized spacial score (nSPS) is 17.2. The van der Waals surface area contributed by atoms with Crippen LogP contribution in [0.25, 0.3) is 11.1 Å². The van der Waals surface area contributed by atoms with Gasteiger partial charge in [-0.15, -0.1) is 0 Å². The third-order valence-electron chi connectivity index (χ3n) is 9.90. The van der Waals surface area contributed by atoms with E-state index in [-0.39, 0.29) is 37.8 Å². The number of rotatable bonds is 10. The van der Waals surface area contributed by atoms with Crippen LogP contribution in [0.15, 0.2) is 97.1 Å². The Kier molecular flexibility index (Phi) is 11.1. The molecule has 0 unspecified atom stereocenters. The molecule has 7 nitrogen and oxygen atoms in total. The van der Waals surface area contributed by atoms with Crippen molar-refractivity contribution in [1.82, 2.24) is 10.2 Å². The van der Waals surface area contributed by atoms with Crippen LogP contribution >= 0.6 is 0 Å². The highest BCUT2D eigenvalue weighted by Gasteiger charge is 2.39. The molecule has 1 heterocycles. The Hall–Kier alpha value is -5.12. The number of nitrogens with zero attached hydrogens (tertiary/aromatic N) is 1. The zero-order valence-electron chi connectivity index (χ0n) is 28.2. The Bertz CT molecular complexity index is 1820. The highest BCUT2D eigenvalue weighted by Crippen LogP contribution is 2.33. The van der Waals surface area contributed by atoms with E-state index in [1.807, 2.05) is 60.7 Å². The van der Waals surface area contributed by atoms with E-state index < -0.39 is 35.7 Å². The number of hydrogen-bond acceptors (Lipinski definition) is 4. The number of carboxylic acid groups (broad SMARTS) is 1. The number of aliphatic carboxylic acids is 1. The van der Waals surface area contributed by atoms with E-state index in [4.69, 9.17) is 4.74 Å². The largest absolute Gasteiger partial charge is 0.489 e. The predicted molar refractivity (Wildman–Crippen MR) is 187 cm³/mol. The summed E-state index contributed by atoms with van der Waals surface area (Å²) >= 11 is 0. The van der Waals surface area contributed by atoms with Crippen LogP contribution in [0, 0.1) is 5.92 Å². The Morgan fingerprint density at radius 1 is 0.804 bits per heavy atom. The van der Waals surface area contributed by atoms with Gasteiger partial charge in [-0.2, -0.15) is 13.2 Å². The van der Waals surface area contributed by atoms with Crippen molar-refractivity contribution in [3.05, 3.63) is 125 Å². The summed E-state index contributed by atoms with van der Waals surface area (Å²) in [6, 6.07) is 25.5. The molecule has 1 aliphatic carbocycles. The van der Waals surface area contributed by atoms with Gasteiger partial charge < -0.3 is 20.1 Å². The molecule has 2 aliphatic rings. The Morgan fingerprint density at radius 2 is 1.45 bits per heavy atom. The number of alkyl halides is 3. The molecule has 266 valence electrons. The van der Waals surface area contributed by atoms with Gasteiger partial charge in [0, 0.05) is 25.3 Å². The highest BCUT2D eigenvalue weighted by molar-refractivity contribution is 5.92. The predicted octanol–water partition coefficient (Wildman–Crippen LogP) is 7.99. The number of carbonyl (C=O) groups is 3. The van der Waals surface area contributed by atoms with Crippen molar-refractivity contribution < 1.29 is 37.4 Å². The lowest BCUT2D eigenvalue weighted by Crippen LogP contribution is -2.56. The number of benzene rings is 4. The van der Waals surface area contributed by atoms with E-state index in [0.717, 1.165) is 78.5 Å². The highest BCUT2D eigenvalue weighted by atomic mass is 19.4. The summed E-state index contributed by atoms with van der Waals surface area (Å²) in [5, 5.41) is 12.9. The molecule has 1 saturated carbocycles. The van der Waals surface area contributed by atoms with Crippen LogP contribution in [0.3, 0.4) is 0 Å². The van der Waals surface area contributed by atoms with Crippen molar-refractivity contribution in [2.45, 2.75) is 82.8 Å². The fourth-order valence-corrected chi connectivity index (χ4v) is 7.00. The maximum atomic E-state index is 14.1. The van der Waals surface area contributed by atoms with Crippen LogP contribution < -0.4 is 10.1 Å². The fourth-order valence-electron chi connectivity index (χ4n) is 7.00. The zero-order valence-corrected chi connectivity index (χ0v) is 28.2. The lowest BCUT2D eigenvalue weighted by Gasteiger charge is -2.38. The average Bonchev–Trinajstić information content (AvgIpc) is 3.43. The summed E-state index contributed by atoms with van der Waals surface area (Å²) in [6.45, 7) is 0.206. The molecule has 4 aromatic carbocycles. The monoisotopic (exact) mass is 698 g/mol. The molecule has 0 saturated heterocycles. The van der Waals surface area contributed by atoms with Crippen LogP contribution in [-0.2, 0) is 46.6 Å². The second-order valence-corrected chi connectivity index (χ2v) is 13.5. The van der Waals surface area contributed by atoms with Crippen LogP contribution in [-0.4, -0.2) is 39.9 Å². The third kappa shape index (κ3) is 8.98. The molecule has 0 spiro atoms. The molecule has 10 heteroatoms. The summed E-state index contributed by atoms with van der Waals surface area (Å²) in [7, 11) is 0. The molecule has 6 rings (SSSR count). The van der Waals surface area contributed by atoms with Crippen molar-refractivity contribution in [2.24, 2.45) is 5.92 Å². The quantitative estimate of drug-likeness (QED) is 0.164. The second-order valence-electron chi connectivity index (χ2n) is 13.5.